The Morgan fingerprint density at radius 2 is 1.83 bits per heavy atom. The number of pyridine rings is 2. The molecule has 2 N–H and O–H groups in total. The van der Waals surface area contributed by atoms with Gasteiger partial charge in [-0.15, -0.1) is 0 Å². The first-order valence-corrected chi connectivity index (χ1v) is 10.4. The van der Waals surface area contributed by atoms with Crippen LogP contribution in [0.3, 0.4) is 0 Å². The lowest BCUT2D eigenvalue weighted by Crippen LogP contribution is -2.18. The van der Waals surface area contributed by atoms with E-state index in [1.54, 1.807) is 0 Å². The molecule has 1 fully saturated rings. The summed E-state index contributed by atoms with van der Waals surface area (Å²) in [5.74, 6) is 0. The quantitative estimate of drug-likeness (QED) is 0.461. The Hall–Kier alpha value is -3.51. The molecule has 0 radical (unpaired) electrons. The number of benzene rings is 1. The van der Waals surface area contributed by atoms with E-state index in [0.717, 1.165) is 45.6 Å². The van der Waals surface area contributed by atoms with Crippen LogP contribution in [-0.2, 0) is 6.54 Å². The van der Waals surface area contributed by atoms with E-state index in [0.29, 0.717) is 0 Å². The molecule has 4 aromatic heterocycles. The zero-order chi connectivity index (χ0) is 19.9. The van der Waals surface area contributed by atoms with Crippen LogP contribution in [0.25, 0.3) is 44.5 Å². The van der Waals surface area contributed by atoms with E-state index < -0.39 is 0 Å². The van der Waals surface area contributed by atoms with Crippen LogP contribution in [0.2, 0.25) is 0 Å². The van der Waals surface area contributed by atoms with Gasteiger partial charge in [0.2, 0.25) is 0 Å². The molecule has 1 aliphatic rings. The van der Waals surface area contributed by atoms with Crippen LogP contribution in [-0.4, -0.2) is 43.1 Å². The number of fused-ring (bicyclic) bond motifs is 2. The highest BCUT2D eigenvalue weighted by Crippen LogP contribution is 2.30. The Kier molecular flexibility index (Phi) is 4.09. The molecule has 1 saturated heterocycles. The van der Waals surface area contributed by atoms with Crippen molar-refractivity contribution in [3.63, 3.8) is 0 Å². The van der Waals surface area contributed by atoms with E-state index in [4.69, 9.17) is 0 Å². The molecule has 5 aromatic rings. The summed E-state index contributed by atoms with van der Waals surface area (Å²) in [5, 5.41) is 9.91. The van der Waals surface area contributed by atoms with Crippen LogP contribution < -0.4 is 0 Å². The minimum Gasteiger partial charge on any atom is -0.353 e. The van der Waals surface area contributed by atoms with Gasteiger partial charge >= 0.3 is 0 Å². The first kappa shape index (κ1) is 17.4. The fourth-order valence-corrected chi connectivity index (χ4v) is 4.39. The minimum absolute atomic E-state index is 0.908. The Bertz CT molecular complexity index is 1310. The first-order chi connectivity index (χ1) is 14.8. The number of aromatic nitrogens is 5. The summed E-state index contributed by atoms with van der Waals surface area (Å²) in [6.45, 7) is 3.31. The second-order valence-electron chi connectivity index (χ2n) is 8.02. The molecule has 30 heavy (non-hydrogen) atoms. The van der Waals surface area contributed by atoms with Gasteiger partial charge in [0.15, 0.2) is 0 Å². The zero-order valence-corrected chi connectivity index (χ0v) is 16.6. The molecule has 5 heterocycles. The molecule has 1 aliphatic heterocycles. The maximum atomic E-state index is 4.66. The lowest BCUT2D eigenvalue weighted by atomic mass is 10.1. The van der Waals surface area contributed by atoms with Gasteiger partial charge in [0, 0.05) is 40.8 Å². The number of aromatic amines is 2. The number of hydrogen-bond acceptors (Lipinski definition) is 4. The molecule has 0 saturated carbocycles. The van der Waals surface area contributed by atoms with E-state index in [1.807, 2.05) is 30.7 Å². The van der Waals surface area contributed by atoms with Gasteiger partial charge in [-0.05, 0) is 55.8 Å². The molecule has 0 atom stereocenters. The van der Waals surface area contributed by atoms with Gasteiger partial charge in [0.1, 0.15) is 5.69 Å². The smallest absolute Gasteiger partial charge is 0.116 e. The molecule has 0 spiro atoms. The van der Waals surface area contributed by atoms with Crippen molar-refractivity contribution in [3.8, 4) is 22.6 Å². The Labute approximate surface area is 174 Å². The third-order valence-corrected chi connectivity index (χ3v) is 5.93. The highest BCUT2D eigenvalue weighted by Gasteiger charge is 2.15. The van der Waals surface area contributed by atoms with Crippen molar-refractivity contribution in [1.29, 1.82) is 0 Å². The van der Waals surface area contributed by atoms with Crippen LogP contribution in [0.5, 0.6) is 0 Å². The molecule has 6 nitrogen and oxygen atoms in total. The number of para-hydroxylation sites is 1. The molecule has 0 bridgehead atoms. The fraction of sp³-hybridized carbons (Fsp3) is 0.208. The van der Waals surface area contributed by atoms with Crippen molar-refractivity contribution >= 4 is 21.8 Å². The van der Waals surface area contributed by atoms with Crippen molar-refractivity contribution in [2.45, 2.75) is 19.4 Å². The van der Waals surface area contributed by atoms with Crippen LogP contribution in [0.4, 0.5) is 0 Å². The lowest BCUT2D eigenvalue weighted by molar-refractivity contribution is 0.331. The van der Waals surface area contributed by atoms with Gasteiger partial charge in [-0.1, -0.05) is 18.2 Å². The van der Waals surface area contributed by atoms with Crippen molar-refractivity contribution in [3.05, 3.63) is 66.6 Å². The van der Waals surface area contributed by atoms with Gasteiger partial charge in [-0.3, -0.25) is 20.0 Å². The van der Waals surface area contributed by atoms with E-state index in [1.165, 1.54) is 36.9 Å². The zero-order valence-electron chi connectivity index (χ0n) is 16.6. The number of H-pyrrole nitrogens is 2. The number of hydrogen-bond donors (Lipinski definition) is 2. The Morgan fingerprint density at radius 1 is 0.933 bits per heavy atom. The third-order valence-electron chi connectivity index (χ3n) is 5.93. The first-order valence-electron chi connectivity index (χ1n) is 10.4. The Balaban J connectivity index is 1.39. The minimum atomic E-state index is 0.908. The summed E-state index contributed by atoms with van der Waals surface area (Å²) < 4.78 is 0. The molecular weight excluding hydrogens is 372 g/mol. The number of rotatable bonds is 4. The topological polar surface area (TPSA) is 73.5 Å². The molecule has 0 unspecified atom stereocenters. The highest BCUT2D eigenvalue weighted by atomic mass is 15.1. The maximum Gasteiger partial charge on any atom is 0.116 e. The molecular formula is C24H22N6. The monoisotopic (exact) mass is 394 g/mol. The van der Waals surface area contributed by atoms with Crippen molar-refractivity contribution < 1.29 is 0 Å². The Morgan fingerprint density at radius 3 is 2.73 bits per heavy atom. The second-order valence-corrected chi connectivity index (χ2v) is 8.02. The van der Waals surface area contributed by atoms with Crippen LogP contribution in [0, 0.1) is 0 Å². The van der Waals surface area contributed by atoms with Gasteiger partial charge < -0.3 is 4.98 Å². The standard InChI is InChI=1S/C24H22N6/c1-2-6-20-17(5-1)10-22(27-20)24-19-11-21(26-14-23(19)28-29-24)18-9-16(12-25-13-18)15-30-7-3-4-8-30/h1-2,5-6,9-14,27H,3-4,7-8,15H2,(H,28,29). The molecule has 0 aliphatic carbocycles. The maximum absolute atomic E-state index is 4.66. The van der Waals surface area contributed by atoms with Gasteiger partial charge in [0.05, 0.1) is 23.1 Å². The number of likely N-dealkylation sites (tertiary alicyclic amines) is 1. The predicted octanol–water partition coefficient (Wildman–Crippen LogP) is 4.76. The lowest BCUT2D eigenvalue weighted by Gasteiger charge is -2.14. The average Bonchev–Trinajstić information content (AvgIpc) is 3.52. The normalized spacial score (nSPS) is 14.8. The van der Waals surface area contributed by atoms with Crippen LogP contribution in [0.15, 0.2) is 61.1 Å². The van der Waals surface area contributed by atoms with Crippen molar-refractivity contribution in [2.75, 3.05) is 13.1 Å². The molecule has 148 valence electrons. The van der Waals surface area contributed by atoms with Crippen molar-refractivity contribution in [2.24, 2.45) is 0 Å². The van der Waals surface area contributed by atoms with E-state index in [2.05, 4.69) is 60.4 Å². The summed E-state index contributed by atoms with van der Waals surface area (Å²) >= 11 is 0. The van der Waals surface area contributed by atoms with E-state index in [9.17, 15) is 0 Å². The summed E-state index contributed by atoms with van der Waals surface area (Å²) in [4.78, 5) is 15.1. The molecule has 1 aromatic carbocycles. The fourth-order valence-electron chi connectivity index (χ4n) is 4.39. The third kappa shape index (κ3) is 3.06. The van der Waals surface area contributed by atoms with E-state index in [-0.39, 0.29) is 0 Å². The van der Waals surface area contributed by atoms with Crippen LogP contribution in [0.1, 0.15) is 18.4 Å². The summed E-state index contributed by atoms with van der Waals surface area (Å²) in [6, 6.07) is 14.7. The van der Waals surface area contributed by atoms with Gasteiger partial charge in [-0.2, -0.15) is 5.10 Å². The van der Waals surface area contributed by atoms with Crippen molar-refractivity contribution in [1.82, 2.24) is 30.0 Å². The SMILES string of the molecule is c1ccc2[nH]c(-c3n[nH]c4cnc(-c5cncc(CN6CCCC6)c5)cc34)cc2c1. The number of nitrogens with zero attached hydrogens (tertiary/aromatic N) is 4. The largest absolute Gasteiger partial charge is 0.353 e. The molecule has 6 rings (SSSR count). The predicted molar refractivity (Wildman–Crippen MR) is 119 cm³/mol. The molecule has 6 heteroatoms. The summed E-state index contributed by atoms with van der Waals surface area (Å²) in [6.07, 6.45) is 8.31. The second kappa shape index (κ2) is 7.07. The average molecular weight is 394 g/mol. The van der Waals surface area contributed by atoms with Gasteiger partial charge in [-0.25, -0.2) is 0 Å². The molecule has 0 amide bonds. The van der Waals surface area contributed by atoms with E-state index >= 15 is 0 Å². The van der Waals surface area contributed by atoms with Gasteiger partial charge in [0.25, 0.3) is 0 Å². The highest BCUT2D eigenvalue weighted by molar-refractivity contribution is 5.96. The summed E-state index contributed by atoms with van der Waals surface area (Å²) in [7, 11) is 0. The van der Waals surface area contributed by atoms with Crippen LogP contribution >= 0.6 is 0 Å². The summed E-state index contributed by atoms with van der Waals surface area (Å²) in [5.41, 5.74) is 7.13. The number of nitrogens with one attached hydrogen (secondary N) is 2.